The number of carboxylic acid groups (broad SMARTS) is 1. The minimum absolute atomic E-state index is 0.931. The first-order valence-electron chi connectivity index (χ1n) is 3.06. The topological polar surface area (TPSA) is 83.8 Å². The minimum Gasteiger partial charge on any atom is -0.479 e. The summed E-state index contributed by atoms with van der Waals surface area (Å²) in [6.45, 7) is 2.42. The van der Waals surface area contributed by atoms with E-state index in [4.69, 9.17) is 10.2 Å². The number of carbonyl (C=O) groups excluding carboxylic acids is 1. The van der Waals surface area contributed by atoms with Crippen LogP contribution in [-0.2, 0) is 14.3 Å². The molecule has 11 heavy (non-hydrogen) atoms. The lowest BCUT2D eigenvalue weighted by molar-refractivity contribution is -0.168. The molecule has 0 saturated carbocycles. The highest BCUT2D eigenvalue weighted by atomic mass is 16.6. The lowest BCUT2D eigenvalue weighted by Gasteiger charge is -2.09. The van der Waals surface area contributed by atoms with E-state index in [-0.39, 0.29) is 0 Å². The van der Waals surface area contributed by atoms with Crippen LogP contribution in [0.4, 0.5) is 0 Å². The molecule has 0 saturated heterocycles. The molecular formula is C6H10O5. The monoisotopic (exact) mass is 162 g/mol. The summed E-state index contributed by atoms with van der Waals surface area (Å²) in [5, 5.41) is 16.8. The molecule has 0 radical (unpaired) electrons. The highest BCUT2D eigenvalue weighted by molar-refractivity contribution is 5.79. The maximum Gasteiger partial charge on any atom is 0.344 e. The van der Waals surface area contributed by atoms with Crippen molar-refractivity contribution in [2.45, 2.75) is 26.1 Å². The van der Waals surface area contributed by atoms with E-state index in [1.54, 1.807) is 0 Å². The summed E-state index contributed by atoms with van der Waals surface area (Å²) in [5.41, 5.74) is 0. The number of carboxylic acids is 1. The molecule has 0 fully saturated rings. The van der Waals surface area contributed by atoms with Crippen LogP contribution < -0.4 is 0 Å². The lowest BCUT2D eigenvalue weighted by Crippen LogP contribution is -2.29. The zero-order valence-electron chi connectivity index (χ0n) is 6.27. The SMILES string of the molecule is CC(OC(=O)[C@H](C)O)C(=O)O. The molecule has 0 aromatic carbocycles. The van der Waals surface area contributed by atoms with Crippen molar-refractivity contribution in [1.29, 1.82) is 0 Å². The predicted octanol–water partition coefficient (Wildman–Crippen LogP) is -0.617. The van der Waals surface area contributed by atoms with Gasteiger partial charge in [0, 0.05) is 0 Å². The zero-order chi connectivity index (χ0) is 9.02. The second kappa shape index (κ2) is 3.92. The van der Waals surface area contributed by atoms with Gasteiger partial charge in [-0.25, -0.2) is 9.59 Å². The van der Waals surface area contributed by atoms with Crippen LogP contribution in [0.1, 0.15) is 13.8 Å². The summed E-state index contributed by atoms with van der Waals surface area (Å²) >= 11 is 0. The van der Waals surface area contributed by atoms with Crippen LogP contribution in [-0.4, -0.2) is 34.4 Å². The van der Waals surface area contributed by atoms with Crippen molar-refractivity contribution in [1.82, 2.24) is 0 Å². The Hall–Kier alpha value is -1.10. The van der Waals surface area contributed by atoms with Crippen molar-refractivity contribution in [3.8, 4) is 0 Å². The minimum atomic E-state index is -1.28. The van der Waals surface area contributed by atoms with Gasteiger partial charge in [0.15, 0.2) is 6.10 Å². The fraction of sp³-hybridized carbons (Fsp3) is 0.667. The van der Waals surface area contributed by atoms with Crippen molar-refractivity contribution in [3.05, 3.63) is 0 Å². The Balaban J connectivity index is 3.85. The van der Waals surface area contributed by atoms with Crippen LogP contribution >= 0.6 is 0 Å². The average Bonchev–Trinajstić information content (AvgIpc) is 1.87. The van der Waals surface area contributed by atoms with Crippen LogP contribution in [0, 0.1) is 0 Å². The maximum atomic E-state index is 10.5. The fourth-order valence-electron chi connectivity index (χ4n) is 0.323. The van der Waals surface area contributed by atoms with E-state index in [0.717, 1.165) is 0 Å². The van der Waals surface area contributed by atoms with Gasteiger partial charge in [-0.05, 0) is 13.8 Å². The molecule has 5 nitrogen and oxygen atoms in total. The zero-order valence-corrected chi connectivity index (χ0v) is 6.27. The van der Waals surface area contributed by atoms with Gasteiger partial charge in [-0.1, -0.05) is 0 Å². The molecule has 5 heteroatoms. The standard InChI is InChI=1S/C6H10O5/c1-3(7)6(10)11-4(2)5(8)9/h3-4,7H,1-2H3,(H,8,9)/t3-,4?/m0/s1. The van der Waals surface area contributed by atoms with E-state index in [9.17, 15) is 9.59 Å². The second-order valence-corrected chi connectivity index (χ2v) is 2.09. The Bertz CT molecular complexity index is 162. The first-order valence-corrected chi connectivity index (χ1v) is 3.06. The van der Waals surface area contributed by atoms with Crippen molar-refractivity contribution in [2.75, 3.05) is 0 Å². The first-order chi connectivity index (χ1) is 4.95. The van der Waals surface area contributed by atoms with Crippen molar-refractivity contribution >= 4 is 11.9 Å². The fourth-order valence-corrected chi connectivity index (χ4v) is 0.323. The summed E-state index contributed by atoms with van der Waals surface area (Å²) in [7, 11) is 0. The first kappa shape index (κ1) is 9.90. The van der Waals surface area contributed by atoms with Crippen LogP contribution in [0.3, 0.4) is 0 Å². The maximum absolute atomic E-state index is 10.5. The number of carbonyl (C=O) groups is 2. The number of hydrogen-bond acceptors (Lipinski definition) is 4. The molecule has 0 heterocycles. The van der Waals surface area contributed by atoms with Gasteiger partial charge in [-0.2, -0.15) is 0 Å². The van der Waals surface area contributed by atoms with E-state index < -0.39 is 24.1 Å². The summed E-state index contributed by atoms with van der Waals surface area (Å²) in [5.74, 6) is -2.17. The Morgan fingerprint density at radius 2 is 1.82 bits per heavy atom. The Labute approximate surface area is 63.6 Å². The molecule has 1 unspecified atom stereocenters. The largest absolute Gasteiger partial charge is 0.479 e. The van der Waals surface area contributed by atoms with E-state index in [0.29, 0.717) is 0 Å². The van der Waals surface area contributed by atoms with E-state index in [1.165, 1.54) is 13.8 Å². The van der Waals surface area contributed by atoms with Gasteiger partial charge in [0.25, 0.3) is 0 Å². The van der Waals surface area contributed by atoms with Gasteiger partial charge < -0.3 is 14.9 Å². The molecule has 0 aliphatic carbocycles. The quantitative estimate of drug-likeness (QED) is 0.540. The number of aliphatic hydroxyl groups is 1. The second-order valence-electron chi connectivity index (χ2n) is 2.09. The van der Waals surface area contributed by atoms with Crippen LogP contribution in [0.2, 0.25) is 0 Å². The van der Waals surface area contributed by atoms with E-state index >= 15 is 0 Å². The third kappa shape index (κ3) is 3.57. The number of rotatable bonds is 3. The highest BCUT2D eigenvalue weighted by Crippen LogP contribution is 1.94. The molecule has 0 bridgehead atoms. The van der Waals surface area contributed by atoms with Crippen LogP contribution in [0.5, 0.6) is 0 Å². The van der Waals surface area contributed by atoms with Gasteiger partial charge in [0.05, 0.1) is 0 Å². The molecule has 2 N–H and O–H groups in total. The van der Waals surface area contributed by atoms with Gasteiger partial charge in [0.1, 0.15) is 6.10 Å². The smallest absolute Gasteiger partial charge is 0.344 e. The number of aliphatic carboxylic acids is 1. The summed E-state index contributed by atoms with van der Waals surface area (Å²) < 4.78 is 4.28. The Morgan fingerprint density at radius 3 is 2.09 bits per heavy atom. The molecular weight excluding hydrogens is 152 g/mol. The summed E-state index contributed by atoms with van der Waals surface area (Å²) in [4.78, 5) is 20.6. The number of hydrogen-bond donors (Lipinski definition) is 2. The number of esters is 1. The molecule has 0 amide bonds. The Kier molecular flexibility index (Phi) is 3.53. The number of ether oxygens (including phenoxy) is 1. The lowest BCUT2D eigenvalue weighted by atomic mass is 10.4. The van der Waals surface area contributed by atoms with E-state index in [1.807, 2.05) is 0 Å². The average molecular weight is 162 g/mol. The van der Waals surface area contributed by atoms with Crippen LogP contribution in [0.25, 0.3) is 0 Å². The molecule has 0 aromatic rings. The molecule has 2 atom stereocenters. The third-order valence-corrected chi connectivity index (χ3v) is 0.982. The van der Waals surface area contributed by atoms with E-state index in [2.05, 4.69) is 4.74 Å². The van der Waals surface area contributed by atoms with Crippen LogP contribution in [0.15, 0.2) is 0 Å². The van der Waals surface area contributed by atoms with Gasteiger partial charge in [0.2, 0.25) is 0 Å². The molecule has 0 spiro atoms. The molecule has 0 aliphatic heterocycles. The normalized spacial score (nSPS) is 15.2. The summed E-state index contributed by atoms with van der Waals surface area (Å²) in [6, 6.07) is 0. The van der Waals surface area contributed by atoms with Crippen molar-refractivity contribution in [3.63, 3.8) is 0 Å². The molecule has 0 aromatic heterocycles. The summed E-state index contributed by atoms with van der Waals surface area (Å²) in [6.07, 6.45) is -2.49. The van der Waals surface area contributed by atoms with Gasteiger partial charge in [-0.15, -0.1) is 0 Å². The molecule has 64 valence electrons. The molecule has 0 rings (SSSR count). The van der Waals surface area contributed by atoms with Crippen molar-refractivity contribution < 1.29 is 24.5 Å². The molecule has 0 aliphatic rings. The van der Waals surface area contributed by atoms with Gasteiger partial charge >= 0.3 is 11.9 Å². The number of aliphatic hydroxyl groups excluding tert-OH is 1. The predicted molar refractivity (Wildman–Crippen MR) is 34.9 cm³/mol. The van der Waals surface area contributed by atoms with Crippen molar-refractivity contribution in [2.24, 2.45) is 0 Å². The Morgan fingerprint density at radius 1 is 1.36 bits per heavy atom. The third-order valence-electron chi connectivity index (χ3n) is 0.982. The highest BCUT2D eigenvalue weighted by Gasteiger charge is 2.18. The van der Waals surface area contributed by atoms with Gasteiger partial charge in [-0.3, -0.25) is 0 Å².